The molecule has 0 spiro atoms. The molecule has 42 heavy (non-hydrogen) atoms. The summed E-state index contributed by atoms with van der Waals surface area (Å²) in [5.41, 5.74) is 1.39. The van der Waals surface area contributed by atoms with Gasteiger partial charge in [0.15, 0.2) is 5.52 Å². The first-order chi connectivity index (χ1) is 20.3. The number of pyridine rings is 1. The van der Waals surface area contributed by atoms with E-state index >= 15 is 0 Å². The van der Waals surface area contributed by atoms with Crippen LogP contribution in [0.5, 0.6) is 5.88 Å². The molecule has 0 amide bonds. The van der Waals surface area contributed by atoms with Crippen LogP contribution in [0, 0.1) is 0 Å². The zero-order valence-corrected chi connectivity index (χ0v) is 25.5. The summed E-state index contributed by atoms with van der Waals surface area (Å²) in [6.45, 7) is 9.97. The fourth-order valence-electron chi connectivity index (χ4n) is 5.10. The molecule has 1 N–H and O–H groups in total. The molecule has 1 fully saturated rings. The molecule has 5 heterocycles. The highest BCUT2D eigenvalue weighted by molar-refractivity contribution is 7.89. The quantitative estimate of drug-likeness (QED) is 0.244. The summed E-state index contributed by atoms with van der Waals surface area (Å²) < 4.78 is 38.4. The number of H-pyrrole nitrogens is 1. The summed E-state index contributed by atoms with van der Waals surface area (Å²) in [5.74, 6) is 1.21. The van der Waals surface area contributed by atoms with Gasteiger partial charge in [-0.05, 0) is 25.5 Å². The number of piperazine rings is 1. The van der Waals surface area contributed by atoms with Gasteiger partial charge in [0.05, 0.1) is 30.6 Å². The number of hydrogen-bond acceptors (Lipinski definition) is 9. The summed E-state index contributed by atoms with van der Waals surface area (Å²) in [6, 6.07) is 1.51. The van der Waals surface area contributed by atoms with E-state index in [4.69, 9.17) is 9.72 Å². The van der Waals surface area contributed by atoms with Crippen LogP contribution in [0.15, 0.2) is 34.3 Å². The molecular weight excluding hydrogens is 558 g/mol. The molecule has 0 atom stereocenters. The zero-order valence-electron chi connectivity index (χ0n) is 24.7. The predicted molar refractivity (Wildman–Crippen MR) is 159 cm³/mol. The number of hydrogen-bond donors (Lipinski definition) is 1. The highest BCUT2D eigenvalue weighted by atomic mass is 32.2. The minimum absolute atomic E-state index is 0.0345. The Morgan fingerprint density at radius 1 is 1.05 bits per heavy atom. The maximum Gasteiger partial charge on any atom is 0.279 e. The number of aromatic amines is 1. The molecule has 0 radical (unpaired) electrons. The van der Waals surface area contributed by atoms with Gasteiger partial charge in [0, 0.05) is 45.6 Å². The topological polar surface area (TPSA) is 144 Å². The Morgan fingerprint density at radius 2 is 1.83 bits per heavy atom. The lowest BCUT2D eigenvalue weighted by atomic mass is 10.2. The summed E-state index contributed by atoms with van der Waals surface area (Å²) in [6.07, 6.45) is 8.09. The maximum absolute atomic E-state index is 13.7. The van der Waals surface area contributed by atoms with Crippen molar-refractivity contribution in [2.24, 2.45) is 7.05 Å². The number of nitrogens with zero attached hydrogens (tertiary/aromatic N) is 8. The van der Waals surface area contributed by atoms with Crippen molar-refractivity contribution in [3.8, 4) is 17.3 Å². The smallest absolute Gasteiger partial charge is 0.279 e. The third kappa shape index (κ3) is 5.96. The third-order valence-electron chi connectivity index (χ3n) is 7.63. The number of sulfonamides is 1. The van der Waals surface area contributed by atoms with Crippen molar-refractivity contribution in [2.75, 3.05) is 39.3 Å². The molecule has 0 unspecified atom stereocenters. The fourth-order valence-corrected chi connectivity index (χ4v) is 6.49. The summed E-state index contributed by atoms with van der Waals surface area (Å²) in [4.78, 5) is 32.1. The summed E-state index contributed by atoms with van der Waals surface area (Å²) >= 11 is 0. The minimum Gasteiger partial charge on any atom is -0.477 e. The van der Waals surface area contributed by atoms with E-state index in [1.165, 1.54) is 16.6 Å². The molecule has 1 aliphatic heterocycles. The van der Waals surface area contributed by atoms with Gasteiger partial charge in [-0.3, -0.25) is 9.48 Å². The molecule has 226 valence electrons. The number of aromatic nitrogens is 7. The lowest BCUT2D eigenvalue weighted by Gasteiger charge is -2.33. The molecule has 0 bridgehead atoms. The average molecular weight is 598 g/mol. The van der Waals surface area contributed by atoms with Gasteiger partial charge >= 0.3 is 0 Å². The summed E-state index contributed by atoms with van der Waals surface area (Å²) in [7, 11) is -1.91. The zero-order chi connectivity index (χ0) is 29.9. The van der Waals surface area contributed by atoms with E-state index < -0.39 is 15.6 Å². The molecule has 1 saturated heterocycles. The second kappa shape index (κ2) is 12.7. The number of unbranched alkanes of at least 4 members (excludes halogenated alkanes) is 1. The van der Waals surface area contributed by atoms with E-state index in [0.29, 0.717) is 56.8 Å². The fraction of sp³-hybridized carbons (Fsp3) is 0.536. The maximum atomic E-state index is 13.7. The number of nitrogens with one attached hydrogen (secondary N) is 1. The van der Waals surface area contributed by atoms with Gasteiger partial charge in [0.1, 0.15) is 22.1 Å². The van der Waals surface area contributed by atoms with Crippen LogP contribution in [0.4, 0.5) is 0 Å². The van der Waals surface area contributed by atoms with E-state index in [1.54, 1.807) is 10.9 Å². The second-order valence-corrected chi connectivity index (χ2v) is 12.4. The molecule has 14 heteroatoms. The van der Waals surface area contributed by atoms with E-state index in [0.717, 1.165) is 37.3 Å². The van der Waals surface area contributed by atoms with Gasteiger partial charge in [-0.2, -0.15) is 9.40 Å². The SMILES string of the molecule is CCCCOc1ncc(S(=O)(=O)N2CCN(CC)CC2)cc1-c1nc2c(CCC)n(Cc3nccn3C)nc2c(=O)[nH]1. The van der Waals surface area contributed by atoms with Gasteiger partial charge in [-0.1, -0.05) is 33.6 Å². The average Bonchev–Trinajstić information content (AvgIpc) is 3.56. The van der Waals surface area contributed by atoms with Crippen LogP contribution in [0.25, 0.3) is 22.4 Å². The Hall–Kier alpha value is -3.62. The normalized spacial score (nSPS) is 15.0. The van der Waals surface area contributed by atoms with E-state index in [2.05, 4.69) is 45.7 Å². The van der Waals surface area contributed by atoms with Gasteiger partial charge in [-0.15, -0.1) is 0 Å². The first kappa shape index (κ1) is 29.9. The van der Waals surface area contributed by atoms with Crippen molar-refractivity contribution in [2.45, 2.75) is 57.9 Å². The number of rotatable bonds is 12. The molecule has 4 aromatic heterocycles. The highest BCUT2D eigenvalue weighted by Crippen LogP contribution is 2.30. The largest absolute Gasteiger partial charge is 0.477 e. The Kier molecular flexibility index (Phi) is 9.04. The Morgan fingerprint density at radius 3 is 2.50 bits per heavy atom. The van der Waals surface area contributed by atoms with Crippen molar-refractivity contribution in [3.63, 3.8) is 0 Å². The molecule has 0 aromatic carbocycles. The predicted octanol–water partition coefficient (Wildman–Crippen LogP) is 2.42. The number of fused-ring (bicyclic) bond motifs is 1. The molecule has 4 aromatic rings. The Bertz CT molecular complexity index is 1700. The van der Waals surface area contributed by atoms with Crippen LogP contribution in [0.2, 0.25) is 0 Å². The number of imidazole rings is 1. The van der Waals surface area contributed by atoms with E-state index in [1.807, 2.05) is 17.8 Å². The molecule has 0 aliphatic carbocycles. The number of ether oxygens (including phenoxy) is 1. The first-order valence-corrected chi connectivity index (χ1v) is 16.0. The van der Waals surface area contributed by atoms with Crippen LogP contribution in [0.3, 0.4) is 0 Å². The van der Waals surface area contributed by atoms with E-state index in [-0.39, 0.29) is 22.1 Å². The van der Waals surface area contributed by atoms with Gasteiger partial charge in [0.2, 0.25) is 15.9 Å². The third-order valence-corrected chi connectivity index (χ3v) is 9.50. The first-order valence-electron chi connectivity index (χ1n) is 14.6. The van der Waals surface area contributed by atoms with Crippen molar-refractivity contribution >= 4 is 21.1 Å². The molecule has 0 saturated carbocycles. The Labute approximate surface area is 245 Å². The van der Waals surface area contributed by atoms with Crippen LogP contribution in [0.1, 0.15) is 51.6 Å². The lowest BCUT2D eigenvalue weighted by molar-refractivity contribution is 0.196. The van der Waals surface area contributed by atoms with Crippen LogP contribution < -0.4 is 10.3 Å². The van der Waals surface area contributed by atoms with Crippen LogP contribution in [-0.2, 0) is 30.0 Å². The van der Waals surface area contributed by atoms with Gasteiger partial charge in [-0.25, -0.2) is 23.4 Å². The van der Waals surface area contributed by atoms with Crippen molar-refractivity contribution in [1.29, 1.82) is 0 Å². The molecular formula is C28H39N9O4S. The number of aryl methyl sites for hydroxylation is 2. The molecule has 5 rings (SSSR count). The molecule has 1 aliphatic rings. The summed E-state index contributed by atoms with van der Waals surface area (Å²) in [5, 5.41) is 4.60. The van der Waals surface area contributed by atoms with Crippen LogP contribution in [-0.4, -0.2) is 91.2 Å². The monoisotopic (exact) mass is 597 g/mol. The lowest BCUT2D eigenvalue weighted by Crippen LogP contribution is -2.48. The van der Waals surface area contributed by atoms with Crippen molar-refractivity contribution in [1.82, 2.24) is 43.5 Å². The van der Waals surface area contributed by atoms with Gasteiger partial charge < -0.3 is 19.2 Å². The Balaban J connectivity index is 1.60. The van der Waals surface area contributed by atoms with Crippen molar-refractivity contribution in [3.05, 3.63) is 46.5 Å². The number of likely N-dealkylation sites (N-methyl/N-ethyl adjacent to an activating group) is 1. The van der Waals surface area contributed by atoms with E-state index in [9.17, 15) is 13.2 Å². The highest BCUT2D eigenvalue weighted by Gasteiger charge is 2.30. The van der Waals surface area contributed by atoms with Crippen LogP contribution >= 0.6 is 0 Å². The second-order valence-electron chi connectivity index (χ2n) is 10.5. The standard InChI is InChI=1S/C28H39N9O4S/c1-5-8-16-41-28-21(17-20(18-30-28)42(39,40)36-14-12-35(7-3)13-15-36)26-31-24-22(9-6-2)37(33-25(24)27(38)32-26)19-23-29-10-11-34(23)4/h10-11,17-18H,5-9,12-16,19H2,1-4H3,(H,31,32,38). The molecule has 13 nitrogen and oxygen atoms in total. The minimum atomic E-state index is -3.82. The van der Waals surface area contributed by atoms with Crippen molar-refractivity contribution < 1.29 is 13.2 Å². The van der Waals surface area contributed by atoms with Gasteiger partial charge in [0.25, 0.3) is 5.56 Å².